The number of alkyl carbamates (subject to hydrolysis) is 1. The van der Waals surface area contributed by atoms with Crippen molar-refractivity contribution in [2.24, 2.45) is 0 Å². The number of H-pyrrole nitrogens is 1. The molecule has 3 amide bonds. The van der Waals surface area contributed by atoms with Crippen molar-refractivity contribution in [2.75, 3.05) is 6.54 Å². The van der Waals surface area contributed by atoms with Crippen molar-refractivity contribution < 1.29 is 29.0 Å². The van der Waals surface area contributed by atoms with E-state index in [0.29, 0.717) is 0 Å². The van der Waals surface area contributed by atoms with Gasteiger partial charge < -0.3 is 30.8 Å². The third kappa shape index (κ3) is 7.18. The van der Waals surface area contributed by atoms with Crippen molar-refractivity contribution in [3.63, 3.8) is 0 Å². The number of hydrogen-bond donors (Lipinski definition) is 5. The molecule has 0 aliphatic rings. The number of aromatic amines is 1. The van der Waals surface area contributed by atoms with E-state index in [1.165, 1.54) is 0 Å². The van der Waals surface area contributed by atoms with Crippen LogP contribution in [0, 0.1) is 0 Å². The minimum atomic E-state index is -1.24. The largest absolute Gasteiger partial charge is 0.480 e. The lowest BCUT2D eigenvalue weighted by Gasteiger charge is -2.23. The van der Waals surface area contributed by atoms with Gasteiger partial charge in [0, 0.05) is 23.5 Å². The Morgan fingerprint density at radius 1 is 1.19 bits per heavy atom. The van der Waals surface area contributed by atoms with Gasteiger partial charge in [0.2, 0.25) is 5.91 Å². The van der Waals surface area contributed by atoms with Crippen molar-refractivity contribution in [1.82, 2.24) is 20.9 Å². The van der Waals surface area contributed by atoms with Gasteiger partial charge in [0.25, 0.3) is 5.91 Å². The summed E-state index contributed by atoms with van der Waals surface area (Å²) in [5, 5.41) is 16.4. The number of aromatic nitrogens is 1. The van der Waals surface area contributed by atoms with Gasteiger partial charge in [-0.1, -0.05) is 24.8 Å². The molecule has 31 heavy (non-hydrogen) atoms. The summed E-state index contributed by atoms with van der Waals surface area (Å²) >= 11 is 0. The summed E-state index contributed by atoms with van der Waals surface area (Å²) in [5.41, 5.74) is 0.520. The molecule has 2 rings (SSSR count). The van der Waals surface area contributed by atoms with Gasteiger partial charge in [-0.05, 0) is 32.4 Å². The minimum absolute atomic E-state index is 0.110. The second-order valence-electron chi connectivity index (χ2n) is 7.81. The van der Waals surface area contributed by atoms with Crippen LogP contribution in [0.3, 0.4) is 0 Å². The number of nitrogens with one attached hydrogen (secondary N) is 4. The van der Waals surface area contributed by atoms with Crippen LogP contribution in [0.25, 0.3) is 10.9 Å². The standard InChI is InChI=1S/C21H26N4O6/c1-12(18(28)23-11-17(26)27)24-19(29)16(25-20(30)31-21(2,3)4)9-13-10-22-15-8-6-5-7-14(13)15/h5-8,10,16,22H,1,9,11H2,2-4H3,(H,23,28)(H,24,29)(H,25,30)(H,26,27)/t16-/m0/s1. The molecule has 2 aromatic rings. The molecular weight excluding hydrogens is 404 g/mol. The number of carbonyl (C=O) groups excluding carboxylic acids is 3. The molecule has 0 aliphatic carbocycles. The van der Waals surface area contributed by atoms with Crippen LogP contribution in [0.4, 0.5) is 4.79 Å². The molecule has 0 aliphatic heterocycles. The van der Waals surface area contributed by atoms with Crippen LogP contribution >= 0.6 is 0 Å². The highest BCUT2D eigenvalue weighted by atomic mass is 16.6. The Balaban J connectivity index is 2.17. The lowest BCUT2D eigenvalue weighted by atomic mass is 10.0. The van der Waals surface area contributed by atoms with Crippen molar-refractivity contribution in [3.8, 4) is 0 Å². The molecule has 0 unspecified atom stereocenters. The van der Waals surface area contributed by atoms with Crippen molar-refractivity contribution in [2.45, 2.75) is 38.8 Å². The SMILES string of the molecule is C=C(NC(=O)[C@H](Cc1c[nH]c2ccccc12)NC(=O)OC(C)(C)C)C(=O)NCC(=O)O. The quantitative estimate of drug-likeness (QED) is 0.400. The summed E-state index contributed by atoms with van der Waals surface area (Å²) in [4.78, 5) is 50.7. The Morgan fingerprint density at radius 2 is 1.87 bits per heavy atom. The van der Waals surface area contributed by atoms with Crippen LogP contribution in [0.5, 0.6) is 0 Å². The van der Waals surface area contributed by atoms with Gasteiger partial charge in [-0.15, -0.1) is 0 Å². The lowest BCUT2D eigenvalue weighted by molar-refractivity contribution is -0.137. The Hall–Kier alpha value is -3.82. The number of fused-ring (bicyclic) bond motifs is 1. The summed E-state index contributed by atoms with van der Waals surface area (Å²) in [5.74, 6) is -2.79. The predicted molar refractivity (Wildman–Crippen MR) is 113 cm³/mol. The van der Waals surface area contributed by atoms with Crippen LogP contribution in [0.2, 0.25) is 0 Å². The van der Waals surface area contributed by atoms with E-state index in [9.17, 15) is 19.2 Å². The Kier molecular flexibility index (Phi) is 7.41. The summed E-state index contributed by atoms with van der Waals surface area (Å²) in [6, 6.07) is 6.39. The maximum absolute atomic E-state index is 12.8. The zero-order valence-corrected chi connectivity index (χ0v) is 17.6. The fraction of sp³-hybridized carbons (Fsp3) is 0.333. The van der Waals surface area contributed by atoms with Gasteiger partial charge >= 0.3 is 12.1 Å². The van der Waals surface area contributed by atoms with Crippen LogP contribution < -0.4 is 16.0 Å². The fourth-order valence-corrected chi connectivity index (χ4v) is 2.73. The molecule has 0 spiro atoms. The molecule has 0 fully saturated rings. The Labute approximate surface area is 179 Å². The van der Waals surface area contributed by atoms with Crippen LogP contribution in [-0.4, -0.2) is 52.2 Å². The second kappa shape index (κ2) is 9.79. The number of amides is 3. The van der Waals surface area contributed by atoms with E-state index in [-0.39, 0.29) is 12.1 Å². The predicted octanol–water partition coefficient (Wildman–Crippen LogP) is 1.43. The summed E-state index contributed by atoms with van der Waals surface area (Å²) in [6.45, 7) is 7.90. The number of carbonyl (C=O) groups is 4. The van der Waals surface area contributed by atoms with Gasteiger partial charge in [0.05, 0.1) is 5.70 Å². The number of benzene rings is 1. The smallest absolute Gasteiger partial charge is 0.408 e. The molecule has 0 bridgehead atoms. The molecule has 10 nitrogen and oxygen atoms in total. The molecular formula is C21H26N4O6. The average molecular weight is 430 g/mol. The van der Waals surface area contributed by atoms with Crippen LogP contribution in [-0.2, 0) is 25.5 Å². The van der Waals surface area contributed by atoms with Gasteiger partial charge in [0.1, 0.15) is 18.2 Å². The molecule has 166 valence electrons. The highest BCUT2D eigenvalue weighted by Gasteiger charge is 2.27. The normalized spacial score (nSPS) is 12.0. The molecule has 1 heterocycles. The zero-order chi connectivity index (χ0) is 23.2. The maximum atomic E-state index is 12.8. The van der Waals surface area contributed by atoms with E-state index in [1.54, 1.807) is 27.0 Å². The van der Waals surface area contributed by atoms with Crippen molar-refractivity contribution >= 4 is 34.8 Å². The number of hydrogen-bond acceptors (Lipinski definition) is 5. The molecule has 10 heteroatoms. The first-order chi connectivity index (χ1) is 14.5. The van der Waals surface area contributed by atoms with Gasteiger partial charge in [-0.2, -0.15) is 0 Å². The summed E-state index contributed by atoms with van der Waals surface area (Å²) < 4.78 is 5.24. The first-order valence-corrected chi connectivity index (χ1v) is 9.50. The number of para-hydroxylation sites is 1. The van der Waals surface area contributed by atoms with E-state index in [4.69, 9.17) is 9.84 Å². The van der Waals surface area contributed by atoms with E-state index in [0.717, 1.165) is 16.5 Å². The molecule has 0 radical (unpaired) electrons. The lowest BCUT2D eigenvalue weighted by Crippen LogP contribution is -2.50. The Morgan fingerprint density at radius 3 is 2.52 bits per heavy atom. The summed E-state index contributed by atoms with van der Waals surface area (Å²) in [6.07, 6.45) is 1.04. The fourth-order valence-electron chi connectivity index (χ4n) is 2.73. The zero-order valence-electron chi connectivity index (χ0n) is 17.6. The first kappa shape index (κ1) is 23.5. The molecule has 0 saturated heterocycles. The number of rotatable bonds is 8. The summed E-state index contributed by atoms with van der Waals surface area (Å²) in [7, 11) is 0. The number of ether oxygens (including phenoxy) is 1. The minimum Gasteiger partial charge on any atom is -0.480 e. The molecule has 1 atom stereocenters. The third-order valence-corrected chi connectivity index (χ3v) is 4.05. The number of aliphatic carboxylic acids is 1. The highest BCUT2D eigenvalue weighted by molar-refractivity contribution is 5.99. The van der Waals surface area contributed by atoms with E-state index >= 15 is 0 Å². The Bertz CT molecular complexity index is 1000. The molecule has 1 aromatic carbocycles. The van der Waals surface area contributed by atoms with Crippen molar-refractivity contribution in [3.05, 3.63) is 48.3 Å². The topological polar surface area (TPSA) is 150 Å². The van der Waals surface area contributed by atoms with E-state index < -0.39 is 42.1 Å². The monoisotopic (exact) mass is 430 g/mol. The number of carboxylic acids is 1. The van der Waals surface area contributed by atoms with Gasteiger partial charge in [0.15, 0.2) is 0 Å². The van der Waals surface area contributed by atoms with Crippen LogP contribution in [0.15, 0.2) is 42.7 Å². The molecule has 0 saturated carbocycles. The second-order valence-corrected chi connectivity index (χ2v) is 7.81. The third-order valence-electron chi connectivity index (χ3n) is 4.05. The van der Waals surface area contributed by atoms with E-state index in [2.05, 4.69) is 27.5 Å². The highest BCUT2D eigenvalue weighted by Crippen LogP contribution is 2.19. The number of carboxylic acid groups (broad SMARTS) is 1. The van der Waals surface area contributed by atoms with Gasteiger partial charge in [-0.25, -0.2) is 4.79 Å². The van der Waals surface area contributed by atoms with Gasteiger partial charge in [-0.3, -0.25) is 14.4 Å². The average Bonchev–Trinajstić information content (AvgIpc) is 3.07. The first-order valence-electron chi connectivity index (χ1n) is 9.50. The van der Waals surface area contributed by atoms with Crippen LogP contribution in [0.1, 0.15) is 26.3 Å². The van der Waals surface area contributed by atoms with Crippen molar-refractivity contribution in [1.29, 1.82) is 0 Å². The molecule has 1 aromatic heterocycles. The maximum Gasteiger partial charge on any atom is 0.408 e. The van der Waals surface area contributed by atoms with E-state index in [1.807, 2.05) is 24.3 Å². The molecule has 5 N–H and O–H groups in total.